The molecule has 5 nitrogen and oxygen atoms in total. The molecule has 3 aromatic rings. The molecule has 26 heavy (non-hydrogen) atoms. The molecule has 0 saturated heterocycles. The van der Waals surface area contributed by atoms with Gasteiger partial charge in [0.1, 0.15) is 5.82 Å². The van der Waals surface area contributed by atoms with Crippen molar-refractivity contribution in [3.05, 3.63) is 69.8 Å². The molecule has 0 radical (unpaired) electrons. The predicted molar refractivity (Wildman–Crippen MR) is 92.2 cm³/mol. The van der Waals surface area contributed by atoms with Crippen LogP contribution in [0.2, 0.25) is 0 Å². The lowest BCUT2D eigenvalue weighted by Crippen LogP contribution is -2.35. The Balaban J connectivity index is 1.97. The average Bonchev–Trinajstić information content (AvgIpc) is 2.61. The molecule has 0 aliphatic rings. The van der Waals surface area contributed by atoms with Gasteiger partial charge in [-0.2, -0.15) is 4.68 Å². The zero-order valence-corrected chi connectivity index (χ0v) is 14.2. The van der Waals surface area contributed by atoms with Crippen molar-refractivity contribution in [3.63, 3.8) is 0 Å². The third-order valence-corrected chi connectivity index (χ3v) is 4.22. The number of thioether (sulfide) groups is 1. The van der Waals surface area contributed by atoms with E-state index in [1.54, 1.807) is 6.26 Å². The molecule has 1 heterocycles. The normalized spacial score (nSPS) is 10.9. The molecule has 0 aliphatic carbocycles. The van der Waals surface area contributed by atoms with Crippen LogP contribution in [0.5, 0.6) is 0 Å². The number of amides is 1. The van der Waals surface area contributed by atoms with Crippen molar-refractivity contribution in [3.8, 4) is 0 Å². The second kappa shape index (κ2) is 7.20. The average molecular weight is 379 g/mol. The van der Waals surface area contributed by atoms with E-state index in [0.717, 1.165) is 28.6 Å². The van der Waals surface area contributed by atoms with Gasteiger partial charge in [-0.05, 0) is 30.0 Å². The van der Waals surface area contributed by atoms with Crippen LogP contribution in [-0.4, -0.2) is 21.8 Å². The number of nitrogens with one attached hydrogen (secondary N) is 1. The maximum absolute atomic E-state index is 13.5. The summed E-state index contributed by atoms with van der Waals surface area (Å²) < 4.78 is 40.6. The summed E-state index contributed by atoms with van der Waals surface area (Å²) in [6, 6.07) is 6.91. The fraction of sp³-hybridized carbons (Fsp3) is 0.118. The molecule has 0 atom stereocenters. The molecule has 0 saturated carbocycles. The van der Waals surface area contributed by atoms with Crippen LogP contribution in [0.1, 0.15) is 5.56 Å². The van der Waals surface area contributed by atoms with Crippen LogP contribution < -0.4 is 11.0 Å². The van der Waals surface area contributed by atoms with Gasteiger partial charge >= 0.3 is 0 Å². The van der Waals surface area contributed by atoms with E-state index in [9.17, 15) is 22.8 Å². The lowest BCUT2D eigenvalue weighted by molar-refractivity contribution is -0.116. The highest BCUT2D eigenvalue weighted by Gasteiger charge is 2.16. The standard InChI is InChI=1S/C17H12F3N3O2S/c1-26-17-21-14-8-13(20)12(19)7-11(14)16(25)23(17)22-15(24)6-9-2-4-10(18)5-3-9/h2-5,7-8H,6H2,1H3,(H,22,24). The van der Waals surface area contributed by atoms with Crippen molar-refractivity contribution < 1.29 is 18.0 Å². The number of carbonyl (C=O) groups excluding carboxylic acids is 1. The first kappa shape index (κ1) is 18.0. The van der Waals surface area contributed by atoms with E-state index in [4.69, 9.17) is 0 Å². The van der Waals surface area contributed by atoms with Gasteiger partial charge in [0.2, 0.25) is 5.91 Å². The van der Waals surface area contributed by atoms with Gasteiger partial charge in [0.25, 0.3) is 5.56 Å². The van der Waals surface area contributed by atoms with Gasteiger partial charge in [0, 0.05) is 6.07 Å². The Labute approximate surface area is 149 Å². The number of benzene rings is 2. The van der Waals surface area contributed by atoms with Gasteiger partial charge in [-0.1, -0.05) is 23.9 Å². The smallest absolute Gasteiger partial charge is 0.273 e. The van der Waals surface area contributed by atoms with Gasteiger partial charge in [-0.3, -0.25) is 15.0 Å². The molecule has 0 aliphatic heterocycles. The fourth-order valence-electron chi connectivity index (χ4n) is 2.35. The Bertz CT molecular complexity index is 1050. The van der Waals surface area contributed by atoms with E-state index in [1.807, 2.05) is 0 Å². The van der Waals surface area contributed by atoms with Crippen molar-refractivity contribution in [2.75, 3.05) is 11.7 Å². The third kappa shape index (κ3) is 3.57. The number of halogens is 3. The van der Waals surface area contributed by atoms with E-state index >= 15 is 0 Å². The number of hydrogen-bond donors (Lipinski definition) is 1. The summed E-state index contributed by atoms with van der Waals surface area (Å²) in [5, 5.41) is -0.0512. The Hall–Kier alpha value is -2.81. The number of hydrogen-bond acceptors (Lipinski definition) is 4. The molecular formula is C17H12F3N3O2S. The summed E-state index contributed by atoms with van der Waals surface area (Å²) >= 11 is 1.06. The summed E-state index contributed by atoms with van der Waals surface area (Å²) in [6.45, 7) is 0. The van der Waals surface area contributed by atoms with Crippen LogP contribution in [0.4, 0.5) is 13.2 Å². The van der Waals surface area contributed by atoms with Crippen LogP contribution in [0, 0.1) is 17.5 Å². The maximum Gasteiger partial charge on any atom is 0.281 e. The highest BCUT2D eigenvalue weighted by Crippen LogP contribution is 2.17. The van der Waals surface area contributed by atoms with Crippen molar-refractivity contribution in [2.45, 2.75) is 11.6 Å². The second-order valence-electron chi connectivity index (χ2n) is 5.36. The monoisotopic (exact) mass is 379 g/mol. The number of nitrogens with zero attached hydrogens (tertiary/aromatic N) is 2. The molecule has 0 bridgehead atoms. The number of carbonyl (C=O) groups is 1. The summed E-state index contributed by atoms with van der Waals surface area (Å²) in [6.07, 6.45) is 1.52. The predicted octanol–water partition coefficient (Wildman–Crippen LogP) is 2.85. The van der Waals surface area contributed by atoms with Crippen LogP contribution >= 0.6 is 11.8 Å². The Morgan fingerprint density at radius 2 is 1.81 bits per heavy atom. The molecule has 3 rings (SSSR count). The van der Waals surface area contributed by atoms with Crippen LogP contribution in [0.25, 0.3) is 10.9 Å². The zero-order valence-electron chi connectivity index (χ0n) is 13.4. The third-order valence-electron chi connectivity index (χ3n) is 3.58. The van der Waals surface area contributed by atoms with E-state index in [-0.39, 0.29) is 22.5 Å². The minimum atomic E-state index is -1.18. The van der Waals surface area contributed by atoms with Crippen molar-refractivity contribution >= 4 is 28.6 Å². The maximum atomic E-state index is 13.5. The molecule has 1 aromatic heterocycles. The lowest BCUT2D eigenvalue weighted by atomic mass is 10.1. The topological polar surface area (TPSA) is 64.0 Å². The van der Waals surface area contributed by atoms with E-state index in [2.05, 4.69) is 10.4 Å². The molecule has 1 amide bonds. The number of rotatable bonds is 4. The van der Waals surface area contributed by atoms with Gasteiger partial charge in [0.05, 0.1) is 17.3 Å². The van der Waals surface area contributed by atoms with E-state index < -0.39 is 28.9 Å². The van der Waals surface area contributed by atoms with Gasteiger partial charge in [0.15, 0.2) is 16.8 Å². The first-order valence-electron chi connectivity index (χ1n) is 7.39. The summed E-state index contributed by atoms with van der Waals surface area (Å²) in [7, 11) is 0. The summed E-state index contributed by atoms with van der Waals surface area (Å²) in [5.41, 5.74) is 2.19. The van der Waals surface area contributed by atoms with Crippen molar-refractivity contribution in [2.24, 2.45) is 0 Å². The van der Waals surface area contributed by atoms with E-state index in [1.165, 1.54) is 24.3 Å². The first-order chi connectivity index (χ1) is 12.4. The Kier molecular flexibility index (Phi) is 4.99. The number of fused-ring (bicyclic) bond motifs is 1. The molecule has 9 heteroatoms. The number of aromatic nitrogens is 2. The molecule has 134 valence electrons. The quantitative estimate of drug-likeness (QED) is 0.559. The highest BCUT2D eigenvalue weighted by molar-refractivity contribution is 7.98. The molecular weight excluding hydrogens is 367 g/mol. The first-order valence-corrected chi connectivity index (χ1v) is 8.61. The fourth-order valence-corrected chi connectivity index (χ4v) is 2.85. The summed E-state index contributed by atoms with van der Waals surface area (Å²) in [4.78, 5) is 28.9. The molecule has 0 fully saturated rings. The molecule has 1 N–H and O–H groups in total. The van der Waals surface area contributed by atoms with Crippen LogP contribution in [0.3, 0.4) is 0 Å². The molecule has 0 spiro atoms. The Morgan fingerprint density at radius 1 is 1.15 bits per heavy atom. The minimum Gasteiger partial charge on any atom is -0.273 e. The zero-order chi connectivity index (χ0) is 18.8. The van der Waals surface area contributed by atoms with Gasteiger partial charge < -0.3 is 0 Å². The SMILES string of the molecule is CSc1nc2cc(F)c(F)cc2c(=O)n1NC(=O)Cc1ccc(F)cc1. The second-order valence-corrected chi connectivity index (χ2v) is 6.13. The molecule has 0 unspecified atom stereocenters. The van der Waals surface area contributed by atoms with Crippen LogP contribution in [0.15, 0.2) is 46.3 Å². The summed E-state index contributed by atoms with van der Waals surface area (Å²) in [5.74, 6) is -3.27. The largest absolute Gasteiger partial charge is 0.281 e. The van der Waals surface area contributed by atoms with Gasteiger partial charge in [-0.15, -0.1) is 0 Å². The minimum absolute atomic E-state index is 0.0118. The Morgan fingerprint density at radius 3 is 2.46 bits per heavy atom. The van der Waals surface area contributed by atoms with Gasteiger partial charge in [-0.25, -0.2) is 18.2 Å². The lowest BCUT2D eigenvalue weighted by Gasteiger charge is -2.13. The van der Waals surface area contributed by atoms with Crippen molar-refractivity contribution in [1.82, 2.24) is 9.66 Å². The van der Waals surface area contributed by atoms with E-state index in [0.29, 0.717) is 5.56 Å². The van der Waals surface area contributed by atoms with Crippen LogP contribution in [-0.2, 0) is 11.2 Å². The molecule has 2 aromatic carbocycles. The highest BCUT2D eigenvalue weighted by atomic mass is 32.2. The van der Waals surface area contributed by atoms with Crippen molar-refractivity contribution in [1.29, 1.82) is 0 Å².